The fourth-order valence-corrected chi connectivity index (χ4v) is 3.32. The molecular weight excluding hydrogens is 390 g/mol. The van der Waals surface area contributed by atoms with Gasteiger partial charge in [-0.15, -0.1) is 0 Å². The third-order valence-corrected chi connectivity index (χ3v) is 4.65. The van der Waals surface area contributed by atoms with E-state index >= 15 is 0 Å². The van der Waals surface area contributed by atoms with E-state index in [4.69, 9.17) is 16.3 Å². The summed E-state index contributed by atoms with van der Waals surface area (Å²) >= 11 is 5.54. The van der Waals surface area contributed by atoms with Gasteiger partial charge in [-0.1, -0.05) is 35.9 Å². The van der Waals surface area contributed by atoms with Gasteiger partial charge in [0.25, 0.3) is 0 Å². The largest absolute Gasteiger partial charge is 0.468 e. The second kappa shape index (κ2) is 10.8. The minimum Gasteiger partial charge on any atom is -0.468 e. The Bertz CT molecular complexity index is 855. The highest BCUT2D eigenvalue weighted by Gasteiger charge is 2.37. The molecule has 0 bridgehead atoms. The summed E-state index contributed by atoms with van der Waals surface area (Å²) in [6.07, 6.45) is 3.73. The summed E-state index contributed by atoms with van der Waals surface area (Å²) in [4.78, 5) is 17.7. The lowest BCUT2D eigenvalue weighted by Crippen LogP contribution is -2.36. The van der Waals surface area contributed by atoms with Crippen LogP contribution in [0.5, 0.6) is 0 Å². The number of likely N-dealkylation sites (tertiary alicyclic amines) is 1. The van der Waals surface area contributed by atoms with E-state index in [-0.39, 0.29) is 5.97 Å². The zero-order valence-corrected chi connectivity index (χ0v) is 16.3. The SMILES string of the molecule is COC(=O)[C@@H]1C[C@@H](N=S(=O)=O)CN1Cc1cccnc1.Clc1ccccc1. The Kier molecular flexibility index (Phi) is 8.38. The summed E-state index contributed by atoms with van der Waals surface area (Å²) in [5.41, 5.74) is 0.949. The predicted molar refractivity (Wildman–Crippen MR) is 102 cm³/mol. The van der Waals surface area contributed by atoms with E-state index in [1.54, 1.807) is 12.4 Å². The van der Waals surface area contributed by atoms with Crippen molar-refractivity contribution in [2.75, 3.05) is 13.7 Å². The van der Waals surface area contributed by atoms with Crippen LogP contribution in [0.25, 0.3) is 0 Å². The number of nitrogens with zero attached hydrogens (tertiary/aromatic N) is 3. The van der Waals surface area contributed by atoms with Crippen molar-refractivity contribution in [3.8, 4) is 0 Å². The van der Waals surface area contributed by atoms with Gasteiger partial charge >= 0.3 is 16.5 Å². The molecule has 0 spiro atoms. The van der Waals surface area contributed by atoms with Crippen LogP contribution in [0.3, 0.4) is 0 Å². The van der Waals surface area contributed by atoms with Gasteiger partial charge in [0.1, 0.15) is 6.04 Å². The van der Waals surface area contributed by atoms with E-state index in [2.05, 4.69) is 9.35 Å². The van der Waals surface area contributed by atoms with Gasteiger partial charge in [-0.2, -0.15) is 12.8 Å². The maximum absolute atomic E-state index is 11.8. The van der Waals surface area contributed by atoms with Gasteiger partial charge in [-0.25, -0.2) is 0 Å². The Morgan fingerprint density at radius 1 is 1.30 bits per heavy atom. The van der Waals surface area contributed by atoms with E-state index in [1.165, 1.54) is 7.11 Å². The molecule has 9 heteroatoms. The average molecular weight is 410 g/mol. The molecule has 0 aliphatic carbocycles. The maximum atomic E-state index is 11.8. The smallest absolute Gasteiger partial charge is 0.323 e. The summed E-state index contributed by atoms with van der Waals surface area (Å²) in [6, 6.07) is 12.3. The van der Waals surface area contributed by atoms with Gasteiger partial charge in [-0.05, 0) is 30.2 Å². The van der Waals surface area contributed by atoms with Gasteiger partial charge in [0.2, 0.25) is 0 Å². The first-order valence-electron chi connectivity index (χ1n) is 8.21. The number of aromatic nitrogens is 1. The average Bonchev–Trinajstić information content (AvgIpc) is 3.04. The Balaban J connectivity index is 0.000000313. The fraction of sp³-hybridized carbons (Fsp3) is 0.333. The quantitative estimate of drug-likeness (QED) is 0.721. The molecule has 1 aromatic heterocycles. The van der Waals surface area contributed by atoms with Crippen molar-refractivity contribution in [2.45, 2.75) is 25.0 Å². The monoisotopic (exact) mass is 409 g/mol. The maximum Gasteiger partial charge on any atom is 0.323 e. The van der Waals surface area contributed by atoms with Crippen molar-refractivity contribution in [2.24, 2.45) is 4.36 Å². The van der Waals surface area contributed by atoms with Crippen LogP contribution >= 0.6 is 11.6 Å². The Hall–Kier alpha value is -2.29. The van der Waals surface area contributed by atoms with Crippen LogP contribution in [0.1, 0.15) is 12.0 Å². The zero-order valence-electron chi connectivity index (χ0n) is 14.7. The number of hydrogen-bond acceptors (Lipinski definition) is 7. The molecule has 1 aliphatic rings. The normalized spacial score (nSPS) is 18.9. The molecule has 2 heterocycles. The number of carbonyl (C=O) groups excluding carboxylic acids is 1. The molecule has 0 unspecified atom stereocenters. The first-order chi connectivity index (χ1) is 13.0. The van der Waals surface area contributed by atoms with E-state index in [9.17, 15) is 13.2 Å². The van der Waals surface area contributed by atoms with Gasteiger partial charge < -0.3 is 4.74 Å². The first-order valence-corrected chi connectivity index (χ1v) is 9.62. The third-order valence-electron chi connectivity index (χ3n) is 3.93. The van der Waals surface area contributed by atoms with Crippen LogP contribution in [0, 0.1) is 0 Å². The first kappa shape index (κ1) is 21.0. The molecule has 3 rings (SSSR count). The highest BCUT2D eigenvalue weighted by atomic mass is 35.5. The van der Waals surface area contributed by atoms with E-state index in [0.717, 1.165) is 10.6 Å². The lowest BCUT2D eigenvalue weighted by molar-refractivity contribution is -0.146. The summed E-state index contributed by atoms with van der Waals surface area (Å²) in [6.45, 7) is 0.910. The Labute approximate surface area is 164 Å². The Morgan fingerprint density at radius 3 is 2.56 bits per heavy atom. The van der Waals surface area contributed by atoms with Crippen molar-refractivity contribution in [1.82, 2.24) is 9.88 Å². The number of pyridine rings is 1. The highest BCUT2D eigenvalue weighted by Crippen LogP contribution is 2.23. The molecular formula is C18H20ClN3O4S. The van der Waals surface area contributed by atoms with Crippen molar-refractivity contribution in [3.63, 3.8) is 0 Å². The topological polar surface area (TPSA) is 88.9 Å². The second-order valence-electron chi connectivity index (χ2n) is 5.84. The minimum absolute atomic E-state index is 0.348. The lowest BCUT2D eigenvalue weighted by atomic mass is 10.2. The molecule has 1 aromatic carbocycles. The van der Waals surface area contributed by atoms with Crippen LogP contribution in [0.4, 0.5) is 0 Å². The molecule has 1 fully saturated rings. The molecule has 1 saturated heterocycles. The van der Waals surface area contributed by atoms with Crippen molar-refractivity contribution in [3.05, 3.63) is 65.4 Å². The van der Waals surface area contributed by atoms with Crippen LogP contribution in [0.15, 0.2) is 59.2 Å². The molecule has 27 heavy (non-hydrogen) atoms. The molecule has 0 radical (unpaired) electrons. The zero-order chi connectivity index (χ0) is 19.6. The third kappa shape index (κ3) is 7.09. The van der Waals surface area contributed by atoms with Gasteiger partial charge in [-0.3, -0.25) is 14.7 Å². The molecule has 2 atom stereocenters. The standard InChI is InChI=1S/C12H15N3O4S.C6H5Cl/c1-19-12(16)11-5-10(14-20(17)18)8-15(11)7-9-3-2-4-13-6-9;7-6-4-2-1-3-5-6/h2-4,6,10-11H,5,7-8H2,1H3;1-5H/t10-,11+;/m1./s1. The van der Waals surface area contributed by atoms with E-state index in [0.29, 0.717) is 19.5 Å². The summed E-state index contributed by atoms with van der Waals surface area (Å²) < 4.78 is 29.7. The summed E-state index contributed by atoms with van der Waals surface area (Å²) in [7, 11) is -1.14. The number of halogens is 1. The lowest BCUT2D eigenvalue weighted by Gasteiger charge is -2.21. The number of ether oxygens (including phenoxy) is 1. The van der Waals surface area contributed by atoms with Crippen LogP contribution in [0.2, 0.25) is 5.02 Å². The number of esters is 1. The molecule has 2 aromatic rings. The predicted octanol–water partition coefficient (Wildman–Crippen LogP) is 2.60. The molecule has 0 N–H and O–H groups in total. The number of rotatable bonds is 4. The van der Waals surface area contributed by atoms with E-state index < -0.39 is 22.6 Å². The minimum atomic E-state index is -2.46. The van der Waals surface area contributed by atoms with Crippen molar-refractivity contribution >= 4 is 28.1 Å². The van der Waals surface area contributed by atoms with Crippen LogP contribution < -0.4 is 0 Å². The Morgan fingerprint density at radius 2 is 2.04 bits per heavy atom. The molecule has 0 amide bonds. The van der Waals surface area contributed by atoms with Crippen molar-refractivity contribution in [1.29, 1.82) is 0 Å². The van der Waals surface area contributed by atoms with Gasteiger partial charge in [0, 0.05) is 30.5 Å². The number of benzene rings is 1. The fourth-order valence-electron chi connectivity index (χ4n) is 2.77. The molecule has 7 nitrogen and oxygen atoms in total. The summed E-state index contributed by atoms with van der Waals surface area (Å²) in [5.74, 6) is -0.372. The summed E-state index contributed by atoms with van der Waals surface area (Å²) in [5, 5.41) is 0.794. The highest BCUT2D eigenvalue weighted by molar-refractivity contribution is 7.61. The van der Waals surface area contributed by atoms with Crippen LogP contribution in [-0.4, -0.2) is 50.0 Å². The second-order valence-corrected chi connectivity index (χ2v) is 6.92. The van der Waals surface area contributed by atoms with Crippen LogP contribution in [-0.2, 0) is 26.6 Å². The van der Waals surface area contributed by atoms with Gasteiger partial charge in [0.05, 0.1) is 13.2 Å². The number of methoxy groups -OCH3 is 1. The van der Waals surface area contributed by atoms with Gasteiger partial charge in [0.15, 0.2) is 0 Å². The number of hydrogen-bond donors (Lipinski definition) is 0. The molecule has 0 saturated carbocycles. The molecule has 144 valence electrons. The van der Waals surface area contributed by atoms with E-state index in [1.807, 2.05) is 47.4 Å². The molecule has 1 aliphatic heterocycles. The number of carbonyl (C=O) groups is 1. The van der Waals surface area contributed by atoms with Crippen molar-refractivity contribution < 1.29 is 17.9 Å².